The van der Waals surface area contributed by atoms with Crippen LogP contribution in [0.1, 0.15) is 49.9 Å². The Morgan fingerprint density at radius 1 is 0.532 bits per heavy atom. The molecule has 0 amide bonds. The van der Waals surface area contributed by atoms with Gasteiger partial charge in [0.2, 0.25) is 0 Å². The summed E-state index contributed by atoms with van der Waals surface area (Å²) in [4.78, 5) is 28.8. The fraction of sp³-hybridized carbons (Fsp3) is 0.259. The quantitative estimate of drug-likeness (QED) is 0.0470. The fourth-order valence-electron chi connectivity index (χ4n) is 7.58. The van der Waals surface area contributed by atoms with Gasteiger partial charge >= 0.3 is 0 Å². The average molecular weight is 847 g/mol. The predicted molar refractivity (Wildman–Crippen MR) is 248 cm³/mol. The van der Waals surface area contributed by atoms with E-state index in [-0.39, 0.29) is 49.4 Å². The molecular weight excluding hydrogens is 789 g/mol. The second kappa shape index (κ2) is 23.0. The van der Waals surface area contributed by atoms with Crippen molar-refractivity contribution in [2.24, 2.45) is 0 Å². The van der Waals surface area contributed by atoms with E-state index in [1.54, 1.807) is 0 Å². The monoisotopic (exact) mass is 846 g/mol. The Hall–Kier alpha value is -5.58. The van der Waals surface area contributed by atoms with E-state index in [1.165, 1.54) is 13.0 Å². The highest BCUT2D eigenvalue weighted by atomic mass is 28.4. The molecule has 320 valence electrons. The average Bonchev–Trinajstić information content (AvgIpc) is 3.30. The third-order valence-corrected chi connectivity index (χ3v) is 15.8. The van der Waals surface area contributed by atoms with Gasteiger partial charge in [-0.1, -0.05) is 203 Å². The van der Waals surface area contributed by atoms with Crippen LogP contribution in [0.5, 0.6) is 0 Å². The van der Waals surface area contributed by atoms with Crippen LogP contribution in [0.25, 0.3) is 0 Å². The van der Waals surface area contributed by atoms with Crippen LogP contribution in [0.4, 0.5) is 0 Å². The number of ketones is 2. The van der Waals surface area contributed by atoms with Gasteiger partial charge in [-0.15, -0.1) is 0 Å². The molecule has 3 atom stereocenters. The van der Waals surface area contributed by atoms with Gasteiger partial charge in [0.25, 0.3) is 8.32 Å². The summed E-state index contributed by atoms with van der Waals surface area (Å²) in [5.74, 6) is -0.713. The van der Waals surface area contributed by atoms with E-state index >= 15 is 4.79 Å². The number of benzene rings is 6. The zero-order chi connectivity index (χ0) is 43.6. The molecule has 0 aliphatic rings. The Kier molecular flexibility index (Phi) is 17.1. The van der Waals surface area contributed by atoms with Crippen LogP contribution in [0.2, 0.25) is 5.04 Å². The first-order chi connectivity index (χ1) is 30.1. The molecule has 0 unspecified atom stereocenters. The number of carbonyl (C=O) groups is 2. The van der Waals surface area contributed by atoms with E-state index in [0.717, 1.165) is 32.6 Å². The van der Waals surface area contributed by atoms with Gasteiger partial charge < -0.3 is 23.4 Å². The maximum Gasteiger partial charge on any atom is 0.261 e. The molecule has 0 radical (unpaired) electrons. The summed E-state index contributed by atoms with van der Waals surface area (Å²) in [6, 6.07) is 59.7. The molecule has 0 fully saturated rings. The van der Waals surface area contributed by atoms with E-state index in [4.69, 9.17) is 23.4 Å². The number of hydrogen-bond donors (Lipinski definition) is 0. The SMILES string of the molecule is CC(=O)/C(=C/C(=O)[C@@H](OCc1ccccc1)[C@H](OCc1ccccc1)[C@@H](COCc1ccccc1)OCc1ccccc1)CO[Si](c1ccccc1)(c1ccccc1)C(C)(C)C. The van der Waals surface area contributed by atoms with Crippen LogP contribution >= 0.6 is 0 Å². The van der Waals surface area contributed by atoms with Gasteiger partial charge in [0.05, 0.1) is 39.6 Å². The first-order valence-corrected chi connectivity index (χ1v) is 23.1. The molecule has 0 saturated carbocycles. The molecule has 0 heterocycles. The van der Waals surface area contributed by atoms with Crippen LogP contribution in [-0.4, -0.2) is 51.4 Å². The van der Waals surface area contributed by atoms with E-state index in [2.05, 4.69) is 45.0 Å². The highest BCUT2D eigenvalue weighted by Gasteiger charge is 2.50. The molecular formula is C54H58O7Si. The summed E-state index contributed by atoms with van der Waals surface area (Å²) in [6.45, 7) is 8.89. The van der Waals surface area contributed by atoms with E-state index in [9.17, 15) is 4.79 Å². The van der Waals surface area contributed by atoms with Crippen LogP contribution in [0.15, 0.2) is 194 Å². The number of rotatable bonds is 23. The lowest BCUT2D eigenvalue weighted by Gasteiger charge is -2.43. The highest BCUT2D eigenvalue weighted by Crippen LogP contribution is 2.37. The second-order valence-electron chi connectivity index (χ2n) is 16.4. The largest absolute Gasteiger partial charge is 0.403 e. The Labute approximate surface area is 368 Å². The topological polar surface area (TPSA) is 80.3 Å². The van der Waals surface area contributed by atoms with Gasteiger partial charge in [-0.3, -0.25) is 9.59 Å². The van der Waals surface area contributed by atoms with Crippen molar-refractivity contribution in [3.63, 3.8) is 0 Å². The van der Waals surface area contributed by atoms with Crippen molar-refractivity contribution in [2.45, 2.75) is 77.5 Å². The minimum atomic E-state index is -3.07. The maximum absolute atomic E-state index is 15.1. The summed E-state index contributed by atoms with van der Waals surface area (Å²) < 4.78 is 33.7. The third-order valence-electron chi connectivity index (χ3n) is 10.8. The first kappa shape index (κ1) is 45.9. The standard InChI is InChI=1S/C54H58O7Si/c1-42(55)47(40-61-62(54(2,3)4,48-31-19-9-20-32-48)49-33-21-10-22-34-49)35-50(56)52(59-38-45-27-15-7-16-28-45)53(60-39-46-29-17-8-18-30-46)51(58-37-44-25-13-6-14-26-44)41-57-36-43-23-11-5-12-24-43/h5-35,51-53H,36-41H2,1-4H3/b47-35+/t51-,52-,53-/m1/s1. The van der Waals surface area contributed by atoms with Gasteiger partial charge in [-0.05, 0) is 50.7 Å². The van der Waals surface area contributed by atoms with Gasteiger partial charge in [-0.2, -0.15) is 0 Å². The Bertz CT molecular complexity index is 2220. The van der Waals surface area contributed by atoms with Crippen LogP contribution in [0.3, 0.4) is 0 Å². The van der Waals surface area contributed by atoms with Crippen LogP contribution in [0, 0.1) is 0 Å². The molecule has 0 saturated heterocycles. The van der Waals surface area contributed by atoms with Crippen molar-refractivity contribution in [3.05, 3.63) is 216 Å². The molecule has 0 spiro atoms. The number of ether oxygens (including phenoxy) is 4. The van der Waals surface area contributed by atoms with E-state index in [0.29, 0.717) is 6.61 Å². The predicted octanol–water partition coefficient (Wildman–Crippen LogP) is 9.62. The molecule has 0 aliphatic heterocycles. The Morgan fingerprint density at radius 2 is 0.919 bits per heavy atom. The molecule has 0 N–H and O–H groups in total. The molecule has 6 aromatic rings. The highest BCUT2D eigenvalue weighted by molar-refractivity contribution is 6.99. The van der Waals surface area contributed by atoms with Crippen LogP contribution < -0.4 is 10.4 Å². The summed E-state index contributed by atoms with van der Waals surface area (Å²) >= 11 is 0. The minimum Gasteiger partial charge on any atom is -0.403 e. The van der Waals surface area contributed by atoms with E-state index < -0.39 is 32.4 Å². The van der Waals surface area contributed by atoms with Crippen LogP contribution in [-0.2, 0) is 59.4 Å². The summed E-state index contributed by atoms with van der Waals surface area (Å²) in [7, 11) is -3.07. The number of carbonyl (C=O) groups excluding carboxylic acids is 2. The van der Waals surface area contributed by atoms with Crippen molar-refractivity contribution in [3.8, 4) is 0 Å². The van der Waals surface area contributed by atoms with Gasteiger partial charge in [-0.25, -0.2) is 0 Å². The van der Waals surface area contributed by atoms with Gasteiger partial charge in [0, 0.05) is 5.57 Å². The van der Waals surface area contributed by atoms with Crippen molar-refractivity contribution < 1.29 is 33.0 Å². The lowest BCUT2D eigenvalue weighted by atomic mass is 10.0. The van der Waals surface area contributed by atoms with E-state index in [1.807, 2.05) is 158 Å². The Balaban J connectivity index is 1.39. The molecule has 62 heavy (non-hydrogen) atoms. The minimum absolute atomic E-state index is 0.0799. The third kappa shape index (κ3) is 12.7. The fourth-order valence-corrected chi connectivity index (χ4v) is 12.1. The van der Waals surface area contributed by atoms with Crippen molar-refractivity contribution >= 4 is 30.3 Å². The molecule has 8 heteroatoms. The smallest absolute Gasteiger partial charge is 0.261 e. The lowest BCUT2D eigenvalue weighted by Crippen LogP contribution is -2.66. The summed E-state index contributed by atoms with van der Waals surface area (Å²) in [5, 5.41) is 1.79. The van der Waals surface area contributed by atoms with Crippen molar-refractivity contribution in [1.29, 1.82) is 0 Å². The number of Topliss-reactive ketones (excluding diaryl/α,β-unsaturated/α-hetero) is 1. The second-order valence-corrected chi connectivity index (χ2v) is 20.7. The molecule has 0 aliphatic carbocycles. The summed E-state index contributed by atoms with van der Waals surface area (Å²) in [5.41, 5.74) is 3.98. The van der Waals surface area contributed by atoms with Gasteiger partial charge in [0.1, 0.15) is 18.3 Å². The lowest BCUT2D eigenvalue weighted by molar-refractivity contribution is -0.174. The Morgan fingerprint density at radius 3 is 1.34 bits per heavy atom. The molecule has 0 bridgehead atoms. The van der Waals surface area contributed by atoms with Crippen molar-refractivity contribution in [2.75, 3.05) is 13.2 Å². The molecule has 6 rings (SSSR count). The first-order valence-electron chi connectivity index (χ1n) is 21.2. The zero-order valence-corrected chi connectivity index (χ0v) is 37.2. The zero-order valence-electron chi connectivity index (χ0n) is 36.2. The van der Waals surface area contributed by atoms with Crippen molar-refractivity contribution in [1.82, 2.24) is 0 Å². The normalized spacial score (nSPS) is 13.6. The molecule has 7 nitrogen and oxygen atoms in total. The molecule has 6 aromatic carbocycles. The number of hydrogen-bond acceptors (Lipinski definition) is 7. The van der Waals surface area contributed by atoms with Gasteiger partial charge in [0.15, 0.2) is 11.6 Å². The molecule has 0 aromatic heterocycles. The summed E-state index contributed by atoms with van der Waals surface area (Å²) in [6.07, 6.45) is -1.54. The maximum atomic E-state index is 15.1.